The van der Waals surface area contributed by atoms with Crippen LogP contribution in [0.15, 0.2) is 53.3 Å². The molecule has 3 aromatic rings. The Labute approximate surface area is 138 Å². The Morgan fingerprint density at radius 2 is 1.92 bits per heavy atom. The van der Waals surface area contributed by atoms with E-state index in [2.05, 4.69) is 22.1 Å². The van der Waals surface area contributed by atoms with Crippen LogP contribution in [0, 0.1) is 0 Å². The minimum Gasteiger partial charge on any atom is -0.319 e. The van der Waals surface area contributed by atoms with Crippen molar-refractivity contribution in [3.8, 4) is 0 Å². The molecule has 6 heteroatoms. The lowest BCUT2D eigenvalue weighted by Gasteiger charge is -2.05. The first-order chi connectivity index (χ1) is 11.7. The highest BCUT2D eigenvalue weighted by molar-refractivity contribution is 5.96. The lowest BCUT2D eigenvalue weighted by molar-refractivity contribution is 0.0706. The summed E-state index contributed by atoms with van der Waals surface area (Å²) in [6.45, 7) is 0. The fourth-order valence-electron chi connectivity index (χ4n) is 2.60. The predicted molar refractivity (Wildman–Crippen MR) is 90.1 cm³/mol. The largest absolute Gasteiger partial charge is 0.319 e. The summed E-state index contributed by atoms with van der Waals surface area (Å²) in [5.41, 5.74) is 4.35. The van der Waals surface area contributed by atoms with Gasteiger partial charge in [-0.15, -0.1) is 0 Å². The molecule has 0 unspecified atom stereocenters. The maximum Gasteiger partial charge on any atom is 0.274 e. The standard InChI is InChI=1S/C18H17N3O3/c22-17(21-24)13-9-10-14-16(11-13)20-18(23)15(19-14)8-4-7-12-5-2-1-3-6-12/h1-3,5-6,9-11,24H,4,7-8H2,(H,20,23)(H,21,22). The molecule has 0 atom stereocenters. The summed E-state index contributed by atoms with van der Waals surface area (Å²) in [5, 5.41) is 8.66. The van der Waals surface area contributed by atoms with Gasteiger partial charge in [0.2, 0.25) is 0 Å². The summed E-state index contributed by atoms with van der Waals surface area (Å²) >= 11 is 0. The molecular weight excluding hydrogens is 306 g/mol. The normalized spacial score (nSPS) is 10.7. The van der Waals surface area contributed by atoms with E-state index in [4.69, 9.17) is 5.21 Å². The number of aromatic amines is 1. The topological polar surface area (TPSA) is 95.1 Å². The van der Waals surface area contributed by atoms with Crippen molar-refractivity contribution in [2.45, 2.75) is 19.3 Å². The summed E-state index contributed by atoms with van der Waals surface area (Å²) in [7, 11) is 0. The molecule has 3 N–H and O–H groups in total. The first-order valence-corrected chi connectivity index (χ1v) is 7.68. The highest BCUT2D eigenvalue weighted by atomic mass is 16.5. The Morgan fingerprint density at radius 3 is 2.67 bits per heavy atom. The number of aryl methyl sites for hydroxylation is 2. The van der Waals surface area contributed by atoms with E-state index < -0.39 is 5.91 Å². The van der Waals surface area contributed by atoms with Crippen molar-refractivity contribution in [2.24, 2.45) is 0 Å². The molecule has 122 valence electrons. The van der Waals surface area contributed by atoms with Crippen LogP contribution in [0.4, 0.5) is 0 Å². The molecular formula is C18H17N3O3. The van der Waals surface area contributed by atoms with Gasteiger partial charge in [-0.3, -0.25) is 14.8 Å². The number of nitrogens with zero attached hydrogens (tertiary/aromatic N) is 1. The summed E-state index contributed by atoms with van der Waals surface area (Å²) in [4.78, 5) is 30.7. The molecule has 0 spiro atoms. The highest BCUT2D eigenvalue weighted by Crippen LogP contribution is 2.12. The maximum absolute atomic E-state index is 12.2. The molecule has 2 aromatic carbocycles. The Morgan fingerprint density at radius 1 is 1.12 bits per heavy atom. The molecule has 0 aliphatic carbocycles. The van der Waals surface area contributed by atoms with Gasteiger partial charge >= 0.3 is 0 Å². The van der Waals surface area contributed by atoms with Crippen LogP contribution in [0.1, 0.15) is 28.0 Å². The van der Waals surface area contributed by atoms with Gasteiger partial charge in [0.1, 0.15) is 5.69 Å². The molecule has 1 amide bonds. The fraction of sp³-hybridized carbons (Fsp3) is 0.167. The van der Waals surface area contributed by atoms with Crippen LogP contribution < -0.4 is 11.0 Å². The number of benzene rings is 2. The van der Waals surface area contributed by atoms with Gasteiger partial charge < -0.3 is 4.98 Å². The first kappa shape index (κ1) is 15.9. The second kappa shape index (κ2) is 7.06. The molecule has 0 saturated heterocycles. The summed E-state index contributed by atoms with van der Waals surface area (Å²) in [5.74, 6) is -0.635. The van der Waals surface area contributed by atoms with Gasteiger partial charge in [0.15, 0.2) is 0 Å². The third-order valence-corrected chi connectivity index (χ3v) is 3.85. The number of hydroxylamine groups is 1. The van der Waals surface area contributed by atoms with Crippen molar-refractivity contribution in [1.29, 1.82) is 0 Å². The monoisotopic (exact) mass is 323 g/mol. The molecule has 6 nitrogen and oxygen atoms in total. The summed E-state index contributed by atoms with van der Waals surface area (Å²) < 4.78 is 0. The van der Waals surface area contributed by atoms with Gasteiger partial charge in [-0.25, -0.2) is 10.5 Å². The second-order valence-corrected chi connectivity index (χ2v) is 5.52. The van der Waals surface area contributed by atoms with Crippen molar-refractivity contribution in [2.75, 3.05) is 0 Å². The number of hydrogen-bond acceptors (Lipinski definition) is 4. The zero-order chi connectivity index (χ0) is 16.9. The minimum atomic E-state index is -0.635. The molecule has 0 fully saturated rings. The van der Waals surface area contributed by atoms with Gasteiger partial charge in [0.05, 0.1) is 11.0 Å². The Hall–Kier alpha value is -2.99. The Kier molecular flexibility index (Phi) is 4.67. The molecule has 3 rings (SSSR count). The number of rotatable bonds is 5. The van der Waals surface area contributed by atoms with E-state index in [1.54, 1.807) is 17.6 Å². The zero-order valence-electron chi connectivity index (χ0n) is 13.0. The Bertz CT molecular complexity index is 920. The van der Waals surface area contributed by atoms with E-state index in [9.17, 15) is 9.59 Å². The lowest BCUT2D eigenvalue weighted by Crippen LogP contribution is -2.19. The molecule has 0 aliphatic rings. The number of carbonyl (C=O) groups is 1. The van der Waals surface area contributed by atoms with Crippen molar-refractivity contribution >= 4 is 16.9 Å². The Balaban J connectivity index is 1.78. The number of aromatic nitrogens is 2. The van der Waals surface area contributed by atoms with Crippen LogP contribution in [-0.4, -0.2) is 21.1 Å². The van der Waals surface area contributed by atoms with E-state index in [1.165, 1.54) is 11.6 Å². The lowest BCUT2D eigenvalue weighted by atomic mass is 10.1. The summed E-state index contributed by atoms with van der Waals surface area (Å²) in [6, 6.07) is 14.8. The number of carbonyl (C=O) groups excluding carboxylic acids is 1. The average Bonchev–Trinajstić information content (AvgIpc) is 2.62. The molecule has 0 bridgehead atoms. The van der Waals surface area contributed by atoms with Crippen molar-refractivity contribution in [3.63, 3.8) is 0 Å². The zero-order valence-corrected chi connectivity index (χ0v) is 13.0. The van der Waals surface area contributed by atoms with Crippen LogP contribution in [0.25, 0.3) is 11.0 Å². The first-order valence-electron chi connectivity index (χ1n) is 7.68. The van der Waals surface area contributed by atoms with E-state index >= 15 is 0 Å². The van der Waals surface area contributed by atoms with E-state index in [0.29, 0.717) is 23.1 Å². The van der Waals surface area contributed by atoms with Crippen molar-refractivity contribution in [3.05, 3.63) is 75.7 Å². The van der Waals surface area contributed by atoms with Crippen LogP contribution in [0.5, 0.6) is 0 Å². The molecule has 1 aromatic heterocycles. The van der Waals surface area contributed by atoms with Crippen LogP contribution >= 0.6 is 0 Å². The number of amides is 1. The number of nitrogens with one attached hydrogen (secondary N) is 2. The molecule has 24 heavy (non-hydrogen) atoms. The number of H-pyrrole nitrogens is 1. The number of hydrogen-bond donors (Lipinski definition) is 3. The predicted octanol–water partition coefficient (Wildman–Crippen LogP) is 2.22. The van der Waals surface area contributed by atoms with Gasteiger partial charge in [-0.1, -0.05) is 30.3 Å². The smallest absolute Gasteiger partial charge is 0.274 e. The molecule has 1 heterocycles. The van der Waals surface area contributed by atoms with Crippen LogP contribution in [-0.2, 0) is 12.8 Å². The highest BCUT2D eigenvalue weighted by Gasteiger charge is 2.09. The summed E-state index contributed by atoms with van der Waals surface area (Å²) in [6.07, 6.45) is 2.30. The number of fused-ring (bicyclic) bond motifs is 1. The van der Waals surface area contributed by atoms with Gasteiger partial charge in [0, 0.05) is 5.56 Å². The fourth-order valence-corrected chi connectivity index (χ4v) is 2.60. The maximum atomic E-state index is 12.2. The van der Waals surface area contributed by atoms with Crippen molar-refractivity contribution < 1.29 is 10.0 Å². The van der Waals surface area contributed by atoms with Crippen molar-refractivity contribution in [1.82, 2.24) is 15.4 Å². The van der Waals surface area contributed by atoms with Gasteiger partial charge in [0.25, 0.3) is 11.5 Å². The second-order valence-electron chi connectivity index (χ2n) is 5.52. The van der Waals surface area contributed by atoms with E-state index in [-0.39, 0.29) is 11.1 Å². The minimum absolute atomic E-state index is 0.249. The van der Waals surface area contributed by atoms with Gasteiger partial charge in [-0.05, 0) is 43.0 Å². The quantitative estimate of drug-likeness (QED) is 0.495. The van der Waals surface area contributed by atoms with Gasteiger partial charge in [-0.2, -0.15) is 0 Å². The van der Waals surface area contributed by atoms with Crippen LogP contribution in [0.2, 0.25) is 0 Å². The molecule has 0 saturated carbocycles. The third kappa shape index (κ3) is 3.49. The average molecular weight is 323 g/mol. The molecule has 0 aliphatic heterocycles. The van der Waals surface area contributed by atoms with E-state index in [1.807, 2.05) is 18.2 Å². The molecule has 0 radical (unpaired) electrons. The third-order valence-electron chi connectivity index (χ3n) is 3.85. The van der Waals surface area contributed by atoms with E-state index in [0.717, 1.165) is 12.8 Å². The SMILES string of the molecule is O=C(NO)c1ccc2nc(CCCc3ccccc3)c(=O)[nH]c2c1. The van der Waals surface area contributed by atoms with Crippen LogP contribution in [0.3, 0.4) is 0 Å².